The van der Waals surface area contributed by atoms with Gasteiger partial charge in [0.05, 0.1) is 0 Å². The van der Waals surface area contributed by atoms with Gasteiger partial charge in [-0.25, -0.2) is 0 Å². The van der Waals surface area contributed by atoms with Crippen molar-refractivity contribution in [3.63, 3.8) is 0 Å². The maximum atomic E-state index is 4.81. The van der Waals surface area contributed by atoms with Crippen molar-refractivity contribution in [2.24, 2.45) is 0 Å². The molecule has 1 rings (SSSR count). The van der Waals surface area contributed by atoms with E-state index in [9.17, 15) is 0 Å². The zero-order valence-electron chi connectivity index (χ0n) is 5.68. The van der Waals surface area contributed by atoms with E-state index >= 15 is 0 Å². The molecule has 0 bridgehead atoms. The summed E-state index contributed by atoms with van der Waals surface area (Å²) < 4.78 is 0.634. The monoisotopic (exact) mass is 272 g/mol. The molecule has 0 radical (unpaired) electrons. The molecule has 0 saturated heterocycles. The van der Waals surface area contributed by atoms with Gasteiger partial charge in [0.25, 0.3) is 0 Å². The Morgan fingerprint density at radius 1 is 1.00 bits per heavy atom. The first-order chi connectivity index (χ1) is 5.13. The summed E-state index contributed by atoms with van der Waals surface area (Å²) in [7, 11) is 0. The number of hydrogen-bond acceptors (Lipinski definition) is 0. The van der Waals surface area contributed by atoms with Crippen LogP contribution >= 0.6 is 34.8 Å². The van der Waals surface area contributed by atoms with E-state index in [0.29, 0.717) is 0 Å². The normalized spacial score (nSPS) is 8.82. The second-order valence-corrected chi connectivity index (χ2v) is 5.04. The quantitative estimate of drug-likeness (QED) is 0.500. The fourth-order valence-electron chi connectivity index (χ4n) is 0.453. The van der Waals surface area contributed by atoms with Crippen LogP contribution in [0.2, 0.25) is 0 Å². The Balaban J connectivity index is 0.000000218. The first-order valence-corrected chi connectivity index (χ1v) is 5.37. The number of alkyl halides is 3. The Morgan fingerprint density at radius 2 is 1.36 bits per heavy atom. The predicted molar refractivity (Wildman–Crippen MR) is 56.0 cm³/mol. The van der Waals surface area contributed by atoms with Gasteiger partial charge in [-0.2, -0.15) is 0 Å². The fourth-order valence-corrected chi connectivity index (χ4v) is 0.919. The average molecular weight is 273 g/mol. The van der Waals surface area contributed by atoms with Gasteiger partial charge in [-0.1, -0.05) is 34.8 Å². The van der Waals surface area contributed by atoms with E-state index in [1.54, 1.807) is 16.9 Å². The van der Waals surface area contributed by atoms with Crippen molar-refractivity contribution in [1.29, 1.82) is 0 Å². The average Bonchev–Trinajstić information content (AvgIpc) is 1.87. The fraction of sp³-hybridized carbons (Fsp3) is 0.143. The molecule has 0 aliphatic rings. The van der Waals surface area contributed by atoms with Crippen molar-refractivity contribution >= 4 is 56.0 Å². The standard InChI is InChI=1S/C6H7As.CHCl3/c7-6-4-2-1-3-5-6;2-1(3)4/h1-5H,7H2;1H. The Kier molecular flexibility index (Phi) is 7.74. The Hall–Kier alpha value is 0.648. The summed E-state index contributed by atoms with van der Waals surface area (Å²) in [5, 5.41) is 0. The third kappa shape index (κ3) is 10.6. The molecule has 0 N–H and O–H groups in total. The summed E-state index contributed by atoms with van der Waals surface area (Å²) in [6.07, 6.45) is 0. The molecule has 0 spiro atoms. The van der Waals surface area contributed by atoms with Crippen molar-refractivity contribution in [2.75, 3.05) is 0 Å². The molecule has 1 aromatic rings. The maximum absolute atomic E-state index is 4.81. The van der Waals surface area contributed by atoms with Crippen LogP contribution in [0.4, 0.5) is 0 Å². The van der Waals surface area contributed by atoms with E-state index in [4.69, 9.17) is 34.8 Å². The van der Waals surface area contributed by atoms with Gasteiger partial charge >= 0.3 is 51.5 Å². The van der Waals surface area contributed by atoms with Gasteiger partial charge in [0, 0.05) is 0 Å². The molecule has 11 heavy (non-hydrogen) atoms. The van der Waals surface area contributed by atoms with E-state index in [0.717, 1.165) is 0 Å². The first kappa shape index (κ1) is 11.6. The number of rotatable bonds is 0. The Morgan fingerprint density at radius 3 is 1.55 bits per heavy atom. The van der Waals surface area contributed by atoms with E-state index in [-0.39, 0.29) is 0 Å². The van der Waals surface area contributed by atoms with Crippen LogP contribution < -0.4 is 4.35 Å². The van der Waals surface area contributed by atoms with Gasteiger partial charge in [-0.15, -0.1) is 0 Å². The molecular weight excluding hydrogens is 265 g/mol. The van der Waals surface area contributed by atoms with Crippen molar-refractivity contribution in [3.8, 4) is 0 Å². The molecule has 1 unspecified atom stereocenters. The van der Waals surface area contributed by atoms with E-state index in [1.165, 1.54) is 4.35 Å². The molecule has 1 atom stereocenters. The van der Waals surface area contributed by atoms with Crippen LogP contribution in [0.1, 0.15) is 0 Å². The zero-order valence-corrected chi connectivity index (χ0v) is 10.4. The molecule has 62 valence electrons. The third-order valence-electron chi connectivity index (χ3n) is 0.800. The Labute approximate surface area is 90.3 Å². The summed E-state index contributed by atoms with van der Waals surface area (Å²) in [5.74, 6) is 0. The molecule has 0 aliphatic carbocycles. The first-order valence-electron chi connectivity index (χ1n) is 2.85. The molecular formula is C7H8AsCl3. The number of benzene rings is 1. The minimum absolute atomic E-state index is 0.750. The summed E-state index contributed by atoms with van der Waals surface area (Å²) in [5.41, 5.74) is 0. The van der Waals surface area contributed by atoms with Crippen molar-refractivity contribution in [2.45, 2.75) is 4.30 Å². The van der Waals surface area contributed by atoms with Crippen LogP contribution in [0.25, 0.3) is 0 Å². The Bertz CT molecular complexity index is 174. The van der Waals surface area contributed by atoms with Gasteiger partial charge < -0.3 is 0 Å². The number of hydrogen-bond donors (Lipinski definition) is 0. The van der Waals surface area contributed by atoms with Gasteiger partial charge in [0.15, 0.2) is 4.30 Å². The minimum atomic E-state index is -0.750. The van der Waals surface area contributed by atoms with Crippen LogP contribution in [-0.2, 0) is 0 Å². The molecule has 0 heterocycles. The number of halogens is 3. The molecule has 1 aromatic carbocycles. The van der Waals surface area contributed by atoms with Crippen LogP contribution in [0.15, 0.2) is 30.3 Å². The van der Waals surface area contributed by atoms with Gasteiger partial charge in [0.2, 0.25) is 0 Å². The second kappa shape index (κ2) is 7.31. The molecule has 0 saturated carbocycles. The van der Waals surface area contributed by atoms with E-state index in [2.05, 4.69) is 24.3 Å². The molecule has 0 aliphatic heterocycles. The molecule has 0 amide bonds. The summed E-state index contributed by atoms with van der Waals surface area (Å²) in [6.45, 7) is 0. The topological polar surface area (TPSA) is 0 Å². The molecule has 0 nitrogen and oxygen atoms in total. The van der Waals surface area contributed by atoms with E-state index in [1.807, 2.05) is 6.07 Å². The van der Waals surface area contributed by atoms with Gasteiger partial charge in [0.1, 0.15) is 0 Å². The zero-order chi connectivity index (χ0) is 8.69. The molecule has 0 aromatic heterocycles. The van der Waals surface area contributed by atoms with Crippen molar-refractivity contribution in [1.82, 2.24) is 0 Å². The van der Waals surface area contributed by atoms with Gasteiger partial charge in [-0.3, -0.25) is 0 Å². The summed E-state index contributed by atoms with van der Waals surface area (Å²) >= 11 is 16.1. The van der Waals surface area contributed by atoms with Crippen molar-refractivity contribution < 1.29 is 0 Å². The molecule has 0 fully saturated rings. The summed E-state index contributed by atoms with van der Waals surface area (Å²) in [4.78, 5) is 0. The summed E-state index contributed by atoms with van der Waals surface area (Å²) in [6, 6.07) is 10.4. The SMILES string of the molecule is ClC(Cl)Cl.[AsH2]c1ccccc1. The predicted octanol–water partition coefficient (Wildman–Crippen LogP) is 1.93. The van der Waals surface area contributed by atoms with Crippen molar-refractivity contribution in [3.05, 3.63) is 30.3 Å². The molecule has 4 heteroatoms. The van der Waals surface area contributed by atoms with Crippen LogP contribution in [0, 0.1) is 0 Å². The second-order valence-electron chi connectivity index (χ2n) is 1.66. The van der Waals surface area contributed by atoms with Crippen LogP contribution in [0.3, 0.4) is 0 Å². The van der Waals surface area contributed by atoms with Gasteiger partial charge in [-0.05, 0) is 0 Å². The third-order valence-corrected chi connectivity index (χ3v) is 1.61. The van der Waals surface area contributed by atoms with E-state index < -0.39 is 4.30 Å². The van der Waals surface area contributed by atoms with Crippen LogP contribution in [-0.4, -0.2) is 21.1 Å². The van der Waals surface area contributed by atoms with Crippen LogP contribution in [0.5, 0.6) is 0 Å².